The van der Waals surface area contributed by atoms with E-state index in [4.69, 9.17) is 10.6 Å². The van der Waals surface area contributed by atoms with Crippen LogP contribution in [0.2, 0.25) is 0 Å². The SMILES string of the molecule is CCO/N=C(\C(=O)NC1C(=O)N2C(C(=O)O)=CC(C)S[C@H]12)c1csc(N)n1. The minimum atomic E-state index is -1.18. The fraction of sp³-hybridized carbons (Fsp3) is 0.400. The number of nitrogens with one attached hydrogen (secondary N) is 1. The number of nitrogens with two attached hydrogens (primary N) is 1. The average molecular weight is 411 g/mol. The minimum Gasteiger partial charge on any atom is -0.477 e. The van der Waals surface area contributed by atoms with Crippen molar-refractivity contribution >= 4 is 51.7 Å². The van der Waals surface area contributed by atoms with Crippen molar-refractivity contribution in [2.24, 2.45) is 5.16 Å². The summed E-state index contributed by atoms with van der Waals surface area (Å²) < 4.78 is 0. The van der Waals surface area contributed by atoms with Gasteiger partial charge in [-0.25, -0.2) is 9.78 Å². The minimum absolute atomic E-state index is 0.0720. The molecule has 0 radical (unpaired) electrons. The van der Waals surface area contributed by atoms with Gasteiger partial charge >= 0.3 is 5.97 Å². The van der Waals surface area contributed by atoms with E-state index in [1.807, 2.05) is 6.92 Å². The Balaban J connectivity index is 1.78. The molecule has 3 atom stereocenters. The number of carbonyl (C=O) groups excluding carboxylic acids is 2. The number of hydrogen-bond acceptors (Lipinski definition) is 9. The number of nitrogen functional groups attached to an aromatic ring is 1. The summed E-state index contributed by atoms with van der Waals surface area (Å²) in [5.74, 6) is -2.32. The molecule has 2 aliphatic heterocycles. The van der Waals surface area contributed by atoms with E-state index in [-0.39, 0.29) is 34.1 Å². The van der Waals surface area contributed by atoms with E-state index in [0.29, 0.717) is 0 Å². The van der Waals surface area contributed by atoms with Gasteiger partial charge in [-0.3, -0.25) is 14.5 Å². The third-order valence-electron chi connectivity index (χ3n) is 3.82. The number of aromatic nitrogens is 1. The van der Waals surface area contributed by atoms with E-state index < -0.39 is 29.2 Å². The summed E-state index contributed by atoms with van der Waals surface area (Å²) in [6.45, 7) is 3.78. The fourth-order valence-corrected chi connectivity index (χ4v) is 4.54. The van der Waals surface area contributed by atoms with Crippen LogP contribution in [0.1, 0.15) is 19.5 Å². The first kappa shape index (κ1) is 19.2. The van der Waals surface area contributed by atoms with E-state index in [0.717, 1.165) is 11.3 Å². The molecule has 144 valence electrons. The molecule has 4 N–H and O–H groups in total. The maximum absolute atomic E-state index is 12.7. The van der Waals surface area contributed by atoms with Gasteiger partial charge < -0.3 is 21.0 Å². The van der Waals surface area contributed by atoms with E-state index in [1.54, 1.807) is 12.3 Å². The lowest BCUT2D eigenvalue weighted by Gasteiger charge is -2.49. The summed E-state index contributed by atoms with van der Waals surface area (Å²) in [4.78, 5) is 46.6. The van der Waals surface area contributed by atoms with Crippen LogP contribution in [0.3, 0.4) is 0 Å². The summed E-state index contributed by atoms with van der Waals surface area (Å²) in [6, 6.07) is -0.865. The number of amides is 2. The van der Waals surface area contributed by atoms with E-state index in [2.05, 4.69) is 15.5 Å². The van der Waals surface area contributed by atoms with Crippen LogP contribution in [0, 0.1) is 0 Å². The van der Waals surface area contributed by atoms with Gasteiger partial charge in [0, 0.05) is 10.6 Å². The molecule has 10 nitrogen and oxygen atoms in total. The zero-order chi connectivity index (χ0) is 19.7. The van der Waals surface area contributed by atoms with Crippen LogP contribution in [0.5, 0.6) is 0 Å². The van der Waals surface area contributed by atoms with Crippen molar-refractivity contribution in [3.05, 3.63) is 22.8 Å². The number of aliphatic carboxylic acids is 1. The van der Waals surface area contributed by atoms with Gasteiger partial charge in [-0.15, -0.1) is 23.1 Å². The van der Waals surface area contributed by atoms with Crippen molar-refractivity contribution in [1.82, 2.24) is 15.2 Å². The quantitative estimate of drug-likeness (QED) is 0.342. The van der Waals surface area contributed by atoms with Gasteiger partial charge in [0.2, 0.25) is 0 Å². The molecule has 0 saturated carbocycles. The number of β-lactam (4-membered cyclic amide) rings is 1. The summed E-state index contributed by atoms with van der Waals surface area (Å²) in [5.41, 5.74) is 5.67. The second kappa shape index (κ2) is 7.56. The van der Waals surface area contributed by atoms with E-state index >= 15 is 0 Å². The van der Waals surface area contributed by atoms with Crippen LogP contribution < -0.4 is 11.1 Å². The van der Waals surface area contributed by atoms with Gasteiger partial charge in [0.15, 0.2) is 10.8 Å². The molecule has 3 heterocycles. The highest BCUT2D eigenvalue weighted by Crippen LogP contribution is 2.40. The number of carbonyl (C=O) groups is 3. The molecular weight excluding hydrogens is 394 g/mol. The van der Waals surface area contributed by atoms with Crippen molar-refractivity contribution in [3.63, 3.8) is 0 Å². The molecule has 2 aliphatic rings. The van der Waals surface area contributed by atoms with Gasteiger partial charge in [-0.2, -0.15) is 0 Å². The topological polar surface area (TPSA) is 147 Å². The summed E-state index contributed by atoms with van der Waals surface area (Å²) >= 11 is 2.53. The molecule has 0 aliphatic carbocycles. The Labute approximate surface area is 162 Å². The largest absolute Gasteiger partial charge is 0.477 e. The predicted molar refractivity (Wildman–Crippen MR) is 100 cm³/mol. The third kappa shape index (κ3) is 3.62. The summed E-state index contributed by atoms with van der Waals surface area (Å²) in [6.07, 6.45) is 1.51. The number of rotatable bonds is 6. The second-order valence-corrected chi connectivity index (χ2v) is 8.07. The standard InChI is InChI=1S/C15H17N5O5S2/c1-3-25-19-9(7-5-26-15(16)17-7)11(21)18-10-12(22)20-8(14(23)24)4-6(2)27-13(10)20/h4-6,10,13H,3H2,1-2H3,(H2,16,17)(H,18,21)(H,23,24)/b19-9-/t6?,10?,13-/m1/s1. The first-order valence-corrected chi connectivity index (χ1v) is 9.81. The molecule has 2 unspecified atom stereocenters. The predicted octanol–water partition coefficient (Wildman–Crippen LogP) is 0.223. The number of hydrogen-bond donors (Lipinski definition) is 3. The van der Waals surface area contributed by atoms with Crippen molar-refractivity contribution < 1.29 is 24.3 Å². The van der Waals surface area contributed by atoms with Gasteiger partial charge in [0.1, 0.15) is 29.4 Å². The Bertz CT molecular complexity index is 851. The number of carboxylic acid groups (broad SMARTS) is 1. The number of thiazole rings is 1. The molecule has 0 aromatic carbocycles. The van der Waals surface area contributed by atoms with Crippen molar-refractivity contribution in [1.29, 1.82) is 0 Å². The molecule has 1 fully saturated rings. The zero-order valence-electron chi connectivity index (χ0n) is 14.4. The Morgan fingerprint density at radius 1 is 1.52 bits per heavy atom. The zero-order valence-corrected chi connectivity index (χ0v) is 16.0. The second-order valence-electron chi connectivity index (χ2n) is 5.68. The highest BCUT2D eigenvalue weighted by atomic mass is 32.2. The van der Waals surface area contributed by atoms with Crippen molar-refractivity contribution in [3.8, 4) is 0 Å². The van der Waals surface area contributed by atoms with Crippen molar-refractivity contribution in [2.45, 2.75) is 30.5 Å². The van der Waals surface area contributed by atoms with Crippen LogP contribution in [-0.4, -0.2) is 61.8 Å². The monoisotopic (exact) mass is 411 g/mol. The highest BCUT2D eigenvalue weighted by Gasteiger charge is 2.54. The number of anilines is 1. The number of nitrogens with zero attached hydrogens (tertiary/aromatic N) is 3. The average Bonchev–Trinajstić information content (AvgIpc) is 3.05. The molecule has 3 rings (SSSR count). The van der Waals surface area contributed by atoms with Crippen LogP contribution in [0.25, 0.3) is 0 Å². The maximum Gasteiger partial charge on any atom is 0.352 e. The van der Waals surface area contributed by atoms with Crippen molar-refractivity contribution in [2.75, 3.05) is 12.3 Å². The van der Waals surface area contributed by atoms with Crippen LogP contribution in [-0.2, 0) is 19.2 Å². The lowest BCUT2D eigenvalue weighted by Crippen LogP contribution is -2.71. The Hall–Kier alpha value is -2.60. The molecule has 27 heavy (non-hydrogen) atoms. The van der Waals surface area contributed by atoms with E-state index in [1.165, 1.54) is 22.7 Å². The molecule has 2 amide bonds. The molecular formula is C15H17N5O5S2. The first-order chi connectivity index (χ1) is 12.8. The number of thioether (sulfide) groups is 1. The van der Waals surface area contributed by atoms with E-state index in [9.17, 15) is 19.5 Å². The molecule has 1 aromatic heterocycles. The summed E-state index contributed by atoms with van der Waals surface area (Å²) in [7, 11) is 0. The fourth-order valence-electron chi connectivity index (χ4n) is 2.67. The highest BCUT2D eigenvalue weighted by molar-refractivity contribution is 8.00. The van der Waals surface area contributed by atoms with Gasteiger partial charge in [-0.1, -0.05) is 5.16 Å². The Morgan fingerprint density at radius 2 is 2.26 bits per heavy atom. The third-order valence-corrected chi connectivity index (χ3v) is 5.82. The first-order valence-electron chi connectivity index (χ1n) is 7.99. The number of oxime groups is 1. The molecule has 1 aromatic rings. The Morgan fingerprint density at radius 3 is 2.85 bits per heavy atom. The van der Waals surface area contributed by atoms with Crippen LogP contribution in [0.15, 0.2) is 22.3 Å². The lowest BCUT2D eigenvalue weighted by molar-refractivity contribution is -0.150. The van der Waals surface area contributed by atoms with Crippen LogP contribution >= 0.6 is 23.1 Å². The molecule has 0 bridgehead atoms. The Kier molecular flexibility index (Phi) is 5.37. The van der Waals surface area contributed by atoms with Gasteiger partial charge in [0.25, 0.3) is 11.8 Å². The number of fused-ring (bicyclic) bond motifs is 1. The maximum atomic E-state index is 12.7. The normalized spacial score (nSPS) is 24.6. The smallest absolute Gasteiger partial charge is 0.352 e. The molecule has 12 heteroatoms. The number of carboxylic acids is 1. The van der Waals surface area contributed by atoms with Gasteiger partial charge in [0.05, 0.1) is 0 Å². The molecule has 0 spiro atoms. The lowest BCUT2D eigenvalue weighted by atomic mass is 10.0. The summed E-state index contributed by atoms with van der Waals surface area (Å²) in [5, 5.41) is 16.9. The van der Waals surface area contributed by atoms with Gasteiger partial charge in [-0.05, 0) is 19.9 Å². The molecule has 1 saturated heterocycles. The van der Waals surface area contributed by atoms with Crippen LogP contribution in [0.4, 0.5) is 5.13 Å².